The summed E-state index contributed by atoms with van der Waals surface area (Å²) in [5, 5.41) is 2.60. The van der Waals surface area contributed by atoms with Crippen LogP contribution in [0.5, 0.6) is 0 Å². The Morgan fingerprint density at radius 1 is 1.24 bits per heavy atom. The summed E-state index contributed by atoms with van der Waals surface area (Å²) in [6, 6.07) is 7.90. The lowest BCUT2D eigenvalue weighted by Gasteiger charge is -2.22. The summed E-state index contributed by atoms with van der Waals surface area (Å²) < 4.78 is 5.74. The summed E-state index contributed by atoms with van der Waals surface area (Å²) in [5.74, 6) is -0.537. The number of nitrogens with one attached hydrogen (secondary N) is 1. The molecular formula is C16H18N2O3. The van der Waals surface area contributed by atoms with Gasteiger partial charge in [-0.2, -0.15) is 4.99 Å². The van der Waals surface area contributed by atoms with Crippen LogP contribution in [-0.2, 0) is 27.2 Å². The van der Waals surface area contributed by atoms with E-state index in [0.29, 0.717) is 12.8 Å². The Labute approximate surface area is 123 Å². The average Bonchev–Trinajstić information content (AvgIpc) is 2.89. The Bertz CT molecular complexity index is 631. The summed E-state index contributed by atoms with van der Waals surface area (Å²) in [5.41, 5.74) is 0.668. The van der Waals surface area contributed by atoms with Gasteiger partial charge in [-0.1, -0.05) is 45.0 Å². The van der Waals surface area contributed by atoms with E-state index in [1.807, 2.05) is 24.3 Å². The van der Waals surface area contributed by atoms with Gasteiger partial charge in [0.1, 0.15) is 0 Å². The first kappa shape index (κ1) is 13.8. The van der Waals surface area contributed by atoms with Gasteiger partial charge in [-0.3, -0.25) is 14.9 Å². The largest absolute Gasteiger partial charge is 0.447 e. The highest BCUT2D eigenvalue weighted by atomic mass is 16.5. The van der Waals surface area contributed by atoms with E-state index in [-0.39, 0.29) is 17.8 Å². The molecule has 110 valence electrons. The zero-order valence-electron chi connectivity index (χ0n) is 12.4. The highest BCUT2D eigenvalue weighted by molar-refractivity contribution is 6.07. The molecule has 2 aliphatic rings. The van der Waals surface area contributed by atoms with Crippen molar-refractivity contribution in [3.63, 3.8) is 0 Å². The first-order valence-corrected chi connectivity index (χ1v) is 7.01. The molecule has 0 saturated heterocycles. The van der Waals surface area contributed by atoms with Crippen LogP contribution in [0.2, 0.25) is 0 Å². The van der Waals surface area contributed by atoms with Gasteiger partial charge in [0.05, 0.1) is 0 Å². The van der Waals surface area contributed by atoms with E-state index in [0.717, 1.165) is 11.1 Å². The molecular weight excluding hydrogens is 268 g/mol. The molecule has 1 aromatic carbocycles. The first-order chi connectivity index (χ1) is 9.80. The van der Waals surface area contributed by atoms with Gasteiger partial charge >= 0.3 is 6.02 Å². The highest BCUT2D eigenvalue weighted by Gasteiger charge is 2.51. The molecule has 1 aliphatic carbocycles. The van der Waals surface area contributed by atoms with Crippen molar-refractivity contribution in [2.45, 2.75) is 39.2 Å². The number of carbonyl (C=O) groups is 2. The van der Waals surface area contributed by atoms with E-state index < -0.39 is 11.0 Å². The molecule has 5 nitrogen and oxygen atoms in total. The van der Waals surface area contributed by atoms with Gasteiger partial charge in [0.25, 0.3) is 5.91 Å². The molecule has 1 N–H and O–H groups in total. The van der Waals surface area contributed by atoms with Crippen LogP contribution in [0, 0.1) is 5.41 Å². The van der Waals surface area contributed by atoms with E-state index in [1.54, 1.807) is 20.8 Å². The van der Waals surface area contributed by atoms with E-state index >= 15 is 0 Å². The maximum Gasteiger partial charge on any atom is 0.300 e. The number of amides is 2. The van der Waals surface area contributed by atoms with Crippen molar-refractivity contribution in [2.75, 3.05) is 0 Å². The van der Waals surface area contributed by atoms with Crippen molar-refractivity contribution >= 4 is 17.8 Å². The third-order valence-electron chi connectivity index (χ3n) is 3.86. The van der Waals surface area contributed by atoms with Crippen molar-refractivity contribution in [3.05, 3.63) is 35.4 Å². The van der Waals surface area contributed by atoms with Crippen LogP contribution in [-0.4, -0.2) is 23.4 Å². The second-order valence-electron chi connectivity index (χ2n) is 6.64. The predicted octanol–water partition coefficient (Wildman–Crippen LogP) is 1.60. The van der Waals surface area contributed by atoms with E-state index in [9.17, 15) is 9.59 Å². The van der Waals surface area contributed by atoms with E-state index in [1.165, 1.54) is 0 Å². The van der Waals surface area contributed by atoms with E-state index in [4.69, 9.17) is 4.74 Å². The molecule has 3 rings (SSSR count). The summed E-state index contributed by atoms with van der Waals surface area (Å²) in [6.07, 6.45) is 1.00. The Morgan fingerprint density at radius 3 is 2.33 bits per heavy atom. The van der Waals surface area contributed by atoms with Crippen molar-refractivity contribution in [1.29, 1.82) is 0 Å². The number of hydrogen-bond donors (Lipinski definition) is 1. The van der Waals surface area contributed by atoms with Gasteiger partial charge in [-0.25, -0.2) is 0 Å². The lowest BCUT2D eigenvalue weighted by Crippen LogP contribution is -2.43. The summed E-state index contributed by atoms with van der Waals surface area (Å²) in [6.45, 7) is 5.38. The number of fused-ring (bicyclic) bond motifs is 1. The number of nitrogens with zero attached hydrogens (tertiary/aromatic N) is 1. The van der Waals surface area contributed by atoms with Crippen LogP contribution >= 0.6 is 0 Å². The molecule has 21 heavy (non-hydrogen) atoms. The zero-order valence-corrected chi connectivity index (χ0v) is 12.4. The number of hydrogen-bond acceptors (Lipinski definition) is 3. The molecule has 1 heterocycles. The Morgan fingerprint density at radius 2 is 1.81 bits per heavy atom. The Kier molecular flexibility index (Phi) is 2.90. The number of amidine groups is 1. The number of aliphatic imine (C=N–C) groups is 1. The van der Waals surface area contributed by atoms with Crippen molar-refractivity contribution in [1.82, 2.24) is 5.32 Å². The number of carbonyl (C=O) groups excluding carboxylic acids is 2. The van der Waals surface area contributed by atoms with Crippen LogP contribution in [0.4, 0.5) is 0 Å². The predicted molar refractivity (Wildman–Crippen MR) is 77.7 cm³/mol. The number of ether oxygens (including phenoxy) is 1. The summed E-state index contributed by atoms with van der Waals surface area (Å²) in [4.78, 5) is 28.1. The van der Waals surface area contributed by atoms with Crippen molar-refractivity contribution < 1.29 is 14.3 Å². The third kappa shape index (κ3) is 2.33. The molecule has 0 aromatic heterocycles. The lowest BCUT2D eigenvalue weighted by atomic mass is 9.96. The highest BCUT2D eigenvalue weighted by Crippen LogP contribution is 2.36. The van der Waals surface area contributed by atoms with Gasteiger partial charge in [-0.05, 0) is 11.1 Å². The minimum absolute atomic E-state index is 0.0210. The SMILES string of the molecule is CC(C)(C)C(=O)NC1=NC(=O)C2(Cc3ccccc3C2)O1. The van der Waals surface area contributed by atoms with Crippen LogP contribution < -0.4 is 5.32 Å². The molecule has 0 saturated carbocycles. The number of benzene rings is 1. The van der Waals surface area contributed by atoms with E-state index in [2.05, 4.69) is 10.3 Å². The standard InChI is InChI=1S/C16H18N2O3/c1-15(2,3)12(19)17-14-18-13(20)16(21-14)8-10-6-4-5-7-11(10)9-16/h4-7H,8-9H2,1-3H3,(H,17,18,19,20). The molecule has 1 aromatic rings. The first-order valence-electron chi connectivity index (χ1n) is 7.01. The minimum Gasteiger partial charge on any atom is -0.447 e. The topological polar surface area (TPSA) is 67.8 Å². The second-order valence-corrected chi connectivity index (χ2v) is 6.64. The van der Waals surface area contributed by atoms with Gasteiger partial charge in [0, 0.05) is 18.3 Å². The summed E-state index contributed by atoms with van der Waals surface area (Å²) in [7, 11) is 0. The van der Waals surface area contributed by atoms with Gasteiger partial charge in [-0.15, -0.1) is 0 Å². The lowest BCUT2D eigenvalue weighted by molar-refractivity contribution is -0.131. The van der Waals surface area contributed by atoms with Crippen LogP contribution in [0.1, 0.15) is 31.9 Å². The maximum atomic E-state index is 12.2. The fourth-order valence-electron chi connectivity index (χ4n) is 2.59. The molecule has 0 unspecified atom stereocenters. The smallest absolute Gasteiger partial charge is 0.300 e. The van der Waals surface area contributed by atoms with Crippen LogP contribution in [0.3, 0.4) is 0 Å². The molecule has 0 fully saturated rings. The second kappa shape index (κ2) is 4.41. The molecule has 1 aliphatic heterocycles. The Hall–Kier alpha value is -2.17. The normalized spacial score (nSPS) is 19.2. The Balaban J connectivity index is 1.77. The molecule has 0 bridgehead atoms. The molecule has 0 atom stereocenters. The molecule has 0 radical (unpaired) electrons. The van der Waals surface area contributed by atoms with Crippen molar-refractivity contribution in [3.8, 4) is 0 Å². The van der Waals surface area contributed by atoms with Crippen LogP contribution in [0.25, 0.3) is 0 Å². The monoisotopic (exact) mass is 286 g/mol. The molecule has 1 spiro atoms. The van der Waals surface area contributed by atoms with Gasteiger partial charge in [0.2, 0.25) is 11.5 Å². The zero-order chi connectivity index (χ0) is 15.3. The summed E-state index contributed by atoms with van der Waals surface area (Å²) >= 11 is 0. The molecule has 5 heteroatoms. The average molecular weight is 286 g/mol. The quantitative estimate of drug-likeness (QED) is 0.787. The third-order valence-corrected chi connectivity index (χ3v) is 3.86. The number of rotatable bonds is 0. The van der Waals surface area contributed by atoms with Crippen LogP contribution in [0.15, 0.2) is 29.3 Å². The molecule has 2 amide bonds. The fraction of sp³-hybridized carbons (Fsp3) is 0.438. The fourth-order valence-corrected chi connectivity index (χ4v) is 2.59. The maximum absolute atomic E-state index is 12.2. The van der Waals surface area contributed by atoms with Gasteiger partial charge in [0.15, 0.2) is 0 Å². The van der Waals surface area contributed by atoms with Gasteiger partial charge < -0.3 is 4.74 Å². The van der Waals surface area contributed by atoms with Crippen molar-refractivity contribution in [2.24, 2.45) is 10.4 Å². The minimum atomic E-state index is -0.968.